The van der Waals surface area contributed by atoms with Gasteiger partial charge in [-0.25, -0.2) is 0 Å². The molecular weight excluding hydrogens is 285 g/mol. The number of benzene rings is 1. The van der Waals surface area contributed by atoms with Crippen LogP contribution in [0, 0.1) is 0 Å². The van der Waals surface area contributed by atoms with Crippen molar-refractivity contribution in [3.8, 4) is 17.2 Å². The van der Waals surface area contributed by atoms with Gasteiger partial charge in [-0.2, -0.15) is 0 Å². The summed E-state index contributed by atoms with van der Waals surface area (Å²) < 4.78 is 45.6. The molecule has 7 heteroatoms. The second-order valence-electron chi connectivity index (χ2n) is 4.13. The molecule has 0 spiro atoms. The number of pyridine rings is 1. The Morgan fingerprint density at radius 1 is 1.10 bits per heavy atom. The molecule has 1 aromatic heterocycles. The van der Waals surface area contributed by atoms with E-state index < -0.39 is 6.36 Å². The van der Waals surface area contributed by atoms with E-state index in [-0.39, 0.29) is 5.75 Å². The molecule has 0 unspecified atom stereocenters. The fourth-order valence-corrected chi connectivity index (χ4v) is 1.67. The lowest BCUT2D eigenvalue weighted by molar-refractivity contribution is -0.274. The number of rotatable bonds is 5. The average molecular weight is 298 g/mol. The first-order valence-corrected chi connectivity index (χ1v) is 6.09. The first kappa shape index (κ1) is 15.1. The van der Waals surface area contributed by atoms with E-state index in [1.54, 1.807) is 25.5 Å². The third-order valence-corrected chi connectivity index (χ3v) is 2.51. The lowest BCUT2D eigenvalue weighted by atomic mass is 10.2. The van der Waals surface area contributed by atoms with Crippen molar-refractivity contribution in [2.24, 2.45) is 0 Å². The van der Waals surface area contributed by atoms with Crippen LogP contribution < -0.4 is 14.8 Å². The lowest BCUT2D eigenvalue weighted by Gasteiger charge is -2.12. The Morgan fingerprint density at radius 2 is 1.76 bits per heavy atom. The number of halogens is 3. The number of alkyl halides is 3. The van der Waals surface area contributed by atoms with Crippen molar-refractivity contribution < 1.29 is 22.6 Å². The quantitative estimate of drug-likeness (QED) is 0.917. The largest absolute Gasteiger partial charge is 0.573 e. The number of hydrogen-bond donors (Lipinski definition) is 1. The van der Waals surface area contributed by atoms with Crippen molar-refractivity contribution in [3.05, 3.63) is 48.3 Å². The van der Waals surface area contributed by atoms with Crippen molar-refractivity contribution in [2.45, 2.75) is 12.9 Å². The Hall–Kier alpha value is -2.28. The number of nitrogens with one attached hydrogen (secondary N) is 1. The predicted molar refractivity (Wildman–Crippen MR) is 70.2 cm³/mol. The van der Waals surface area contributed by atoms with Crippen molar-refractivity contribution >= 4 is 0 Å². The van der Waals surface area contributed by atoms with Gasteiger partial charge in [-0.15, -0.1) is 13.2 Å². The zero-order chi connectivity index (χ0) is 15.3. The van der Waals surface area contributed by atoms with Crippen molar-refractivity contribution in [1.82, 2.24) is 10.3 Å². The predicted octanol–water partition coefficient (Wildman–Crippen LogP) is 3.49. The minimum atomic E-state index is -4.70. The van der Waals surface area contributed by atoms with E-state index in [4.69, 9.17) is 4.74 Å². The standard InChI is InChI=1S/C14H13F3N2O2/c1-18-8-10-9-19-7-6-13(10)20-11-2-4-12(5-3-11)21-14(15,16)17/h2-7,9,18H,8H2,1H3. The minimum Gasteiger partial charge on any atom is -0.457 e. The fraction of sp³-hybridized carbons (Fsp3) is 0.214. The molecule has 0 amide bonds. The molecule has 0 radical (unpaired) electrons. The molecule has 1 heterocycles. The zero-order valence-electron chi connectivity index (χ0n) is 11.1. The minimum absolute atomic E-state index is 0.292. The van der Waals surface area contributed by atoms with E-state index in [1.165, 1.54) is 24.3 Å². The van der Waals surface area contributed by atoms with Gasteiger partial charge in [-0.05, 0) is 37.4 Å². The molecule has 0 aliphatic rings. The number of aromatic nitrogens is 1. The molecule has 0 bridgehead atoms. The highest BCUT2D eigenvalue weighted by atomic mass is 19.4. The van der Waals surface area contributed by atoms with Gasteiger partial charge in [0.15, 0.2) is 0 Å². The monoisotopic (exact) mass is 298 g/mol. The van der Waals surface area contributed by atoms with Crippen LogP contribution in [0.1, 0.15) is 5.56 Å². The summed E-state index contributed by atoms with van der Waals surface area (Å²) in [6, 6.07) is 6.89. The lowest BCUT2D eigenvalue weighted by Crippen LogP contribution is -2.16. The average Bonchev–Trinajstić information content (AvgIpc) is 2.42. The van der Waals surface area contributed by atoms with Gasteiger partial charge in [0, 0.05) is 24.5 Å². The summed E-state index contributed by atoms with van der Waals surface area (Å²) in [4.78, 5) is 3.99. The van der Waals surface area contributed by atoms with Crippen LogP contribution >= 0.6 is 0 Å². The first-order chi connectivity index (χ1) is 9.98. The van der Waals surface area contributed by atoms with E-state index >= 15 is 0 Å². The van der Waals surface area contributed by atoms with E-state index in [9.17, 15) is 13.2 Å². The zero-order valence-corrected chi connectivity index (χ0v) is 11.1. The fourth-order valence-electron chi connectivity index (χ4n) is 1.67. The molecule has 1 aromatic carbocycles. The topological polar surface area (TPSA) is 43.4 Å². The number of hydrogen-bond acceptors (Lipinski definition) is 4. The Balaban J connectivity index is 2.10. The summed E-state index contributed by atoms with van der Waals surface area (Å²) in [6.45, 7) is 0.568. The molecule has 21 heavy (non-hydrogen) atoms. The maximum atomic E-state index is 12.1. The smallest absolute Gasteiger partial charge is 0.457 e. The molecule has 2 aromatic rings. The normalized spacial score (nSPS) is 11.2. The first-order valence-electron chi connectivity index (χ1n) is 6.09. The summed E-state index contributed by atoms with van der Waals surface area (Å²) in [5.74, 6) is 0.706. The van der Waals surface area contributed by atoms with Crippen LogP contribution in [0.25, 0.3) is 0 Å². The summed E-state index contributed by atoms with van der Waals surface area (Å²) in [5.41, 5.74) is 0.843. The highest BCUT2D eigenvalue weighted by Crippen LogP contribution is 2.28. The molecular formula is C14H13F3N2O2. The Morgan fingerprint density at radius 3 is 2.38 bits per heavy atom. The van der Waals surface area contributed by atoms with Crippen molar-refractivity contribution in [3.63, 3.8) is 0 Å². The molecule has 0 atom stereocenters. The summed E-state index contributed by atoms with van der Waals surface area (Å²) in [5, 5.41) is 2.98. The van der Waals surface area contributed by atoms with Crippen LogP contribution in [0.2, 0.25) is 0 Å². The van der Waals surface area contributed by atoms with Crippen LogP contribution in [-0.4, -0.2) is 18.4 Å². The van der Waals surface area contributed by atoms with Gasteiger partial charge in [0.05, 0.1) is 0 Å². The molecule has 112 valence electrons. The number of ether oxygens (including phenoxy) is 2. The highest BCUT2D eigenvalue weighted by molar-refractivity contribution is 5.38. The van der Waals surface area contributed by atoms with E-state index in [0.29, 0.717) is 18.0 Å². The van der Waals surface area contributed by atoms with E-state index in [1.807, 2.05) is 0 Å². The molecule has 0 saturated carbocycles. The van der Waals surface area contributed by atoms with Gasteiger partial charge >= 0.3 is 6.36 Å². The third kappa shape index (κ3) is 4.64. The Bertz CT molecular complexity index is 586. The SMILES string of the molecule is CNCc1cnccc1Oc1ccc(OC(F)(F)F)cc1. The van der Waals surface area contributed by atoms with Crippen LogP contribution in [0.5, 0.6) is 17.2 Å². The number of nitrogens with zero attached hydrogens (tertiary/aromatic N) is 1. The Kier molecular flexibility index (Phi) is 4.64. The third-order valence-electron chi connectivity index (χ3n) is 2.51. The van der Waals surface area contributed by atoms with E-state index in [2.05, 4.69) is 15.0 Å². The van der Waals surface area contributed by atoms with E-state index in [0.717, 1.165) is 5.56 Å². The van der Waals surface area contributed by atoms with Crippen LogP contribution in [0.3, 0.4) is 0 Å². The molecule has 0 saturated heterocycles. The molecule has 1 N–H and O–H groups in total. The second-order valence-corrected chi connectivity index (χ2v) is 4.13. The van der Waals surface area contributed by atoms with Gasteiger partial charge in [0.2, 0.25) is 0 Å². The molecule has 4 nitrogen and oxygen atoms in total. The molecule has 0 aliphatic heterocycles. The summed E-state index contributed by atoms with van der Waals surface area (Å²) in [7, 11) is 1.79. The van der Waals surface area contributed by atoms with Crippen LogP contribution in [0.4, 0.5) is 13.2 Å². The van der Waals surface area contributed by atoms with Crippen molar-refractivity contribution in [2.75, 3.05) is 7.05 Å². The van der Waals surface area contributed by atoms with Gasteiger partial charge in [-0.1, -0.05) is 0 Å². The van der Waals surface area contributed by atoms with Gasteiger partial charge in [0.1, 0.15) is 17.2 Å². The molecule has 0 aliphatic carbocycles. The van der Waals surface area contributed by atoms with Crippen LogP contribution in [0.15, 0.2) is 42.7 Å². The van der Waals surface area contributed by atoms with Gasteiger partial charge in [-0.3, -0.25) is 4.98 Å². The second kappa shape index (κ2) is 6.45. The highest BCUT2D eigenvalue weighted by Gasteiger charge is 2.30. The van der Waals surface area contributed by atoms with Crippen molar-refractivity contribution in [1.29, 1.82) is 0 Å². The van der Waals surface area contributed by atoms with Gasteiger partial charge in [0.25, 0.3) is 0 Å². The summed E-state index contributed by atoms with van der Waals surface area (Å²) >= 11 is 0. The molecule has 2 rings (SSSR count). The van der Waals surface area contributed by atoms with Crippen LogP contribution in [-0.2, 0) is 6.54 Å². The summed E-state index contributed by atoms with van der Waals surface area (Å²) in [6.07, 6.45) is -1.46. The maximum absolute atomic E-state index is 12.1. The maximum Gasteiger partial charge on any atom is 0.573 e. The molecule has 0 fully saturated rings. The Labute approximate surface area is 119 Å². The van der Waals surface area contributed by atoms with Gasteiger partial charge < -0.3 is 14.8 Å².